The number of rotatable bonds is 3. The van der Waals surface area contributed by atoms with Crippen molar-refractivity contribution in [3.63, 3.8) is 0 Å². The second kappa shape index (κ2) is 5.08. The average molecular weight is 240 g/mol. The molecule has 1 fully saturated rings. The number of aromatic nitrogens is 1. The van der Waals surface area contributed by atoms with Crippen molar-refractivity contribution in [2.24, 2.45) is 0 Å². The summed E-state index contributed by atoms with van der Waals surface area (Å²) in [6.07, 6.45) is 5.01. The van der Waals surface area contributed by atoms with Gasteiger partial charge in [0.05, 0.1) is 6.54 Å². The normalized spacial score (nSPS) is 18.9. The van der Waals surface area contributed by atoms with Gasteiger partial charge in [-0.3, -0.25) is 4.98 Å². The summed E-state index contributed by atoms with van der Waals surface area (Å²) >= 11 is 0. The zero-order chi connectivity index (χ0) is 12.2. The molecule has 2 heterocycles. The molecule has 1 aliphatic heterocycles. The average Bonchev–Trinajstić information content (AvgIpc) is 2.89. The molecule has 0 amide bonds. The molecule has 0 aliphatic carbocycles. The van der Waals surface area contributed by atoms with Crippen LogP contribution in [-0.4, -0.2) is 24.2 Å². The van der Waals surface area contributed by atoms with Gasteiger partial charge in [0.15, 0.2) is 0 Å². The summed E-state index contributed by atoms with van der Waals surface area (Å²) in [6.45, 7) is 1.99. The third kappa shape index (κ3) is 2.45. The van der Waals surface area contributed by atoms with Crippen molar-refractivity contribution in [2.45, 2.75) is 12.5 Å². The maximum Gasteiger partial charge on any atom is 0.119 e. The van der Waals surface area contributed by atoms with Gasteiger partial charge in [0.2, 0.25) is 0 Å². The van der Waals surface area contributed by atoms with Crippen LogP contribution in [0.4, 0.5) is 5.69 Å². The topological polar surface area (TPSA) is 25.4 Å². The van der Waals surface area contributed by atoms with Crippen LogP contribution >= 0.6 is 0 Å². The third-order valence-corrected chi connectivity index (χ3v) is 3.22. The predicted molar refractivity (Wildman–Crippen MR) is 71.9 cm³/mol. The van der Waals surface area contributed by atoms with Gasteiger partial charge in [-0.05, 0) is 24.3 Å². The van der Waals surface area contributed by atoms with Crippen LogP contribution in [0.5, 0.6) is 5.75 Å². The molecule has 1 aromatic heterocycles. The highest BCUT2D eigenvalue weighted by Crippen LogP contribution is 2.22. The molecule has 1 saturated heterocycles. The van der Waals surface area contributed by atoms with Crippen LogP contribution < -0.4 is 9.64 Å². The molecule has 0 radical (unpaired) electrons. The third-order valence-electron chi connectivity index (χ3n) is 3.22. The molecule has 0 N–H and O–H groups in total. The smallest absolute Gasteiger partial charge is 0.119 e. The highest BCUT2D eigenvalue weighted by molar-refractivity contribution is 5.45. The van der Waals surface area contributed by atoms with Crippen molar-refractivity contribution in [1.29, 1.82) is 0 Å². The van der Waals surface area contributed by atoms with Gasteiger partial charge in [0.1, 0.15) is 11.9 Å². The van der Waals surface area contributed by atoms with Gasteiger partial charge in [-0.25, -0.2) is 0 Å². The summed E-state index contributed by atoms with van der Waals surface area (Å²) in [5, 5.41) is 0. The molecule has 3 rings (SSSR count). The van der Waals surface area contributed by atoms with Gasteiger partial charge in [0.25, 0.3) is 0 Å². The van der Waals surface area contributed by atoms with Crippen molar-refractivity contribution < 1.29 is 4.74 Å². The minimum absolute atomic E-state index is 0.278. The maximum absolute atomic E-state index is 5.97. The fourth-order valence-electron chi connectivity index (χ4n) is 2.31. The number of benzene rings is 1. The molecule has 1 aliphatic rings. The molecule has 2 aromatic rings. The lowest BCUT2D eigenvalue weighted by molar-refractivity contribution is 0.225. The summed E-state index contributed by atoms with van der Waals surface area (Å²) in [4.78, 5) is 6.39. The van der Waals surface area contributed by atoms with E-state index in [1.165, 1.54) is 5.69 Å². The van der Waals surface area contributed by atoms with Crippen LogP contribution in [0.1, 0.15) is 6.42 Å². The largest absolute Gasteiger partial charge is 0.489 e. The Kier molecular flexibility index (Phi) is 3.13. The van der Waals surface area contributed by atoms with E-state index in [2.05, 4.69) is 9.88 Å². The van der Waals surface area contributed by atoms with E-state index in [1.54, 1.807) is 0 Å². The minimum atomic E-state index is 0.278. The number of hydrogen-bond donors (Lipinski definition) is 0. The molecule has 3 heteroatoms. The van der Waals surface area contributed by atoms with E-state index in [9.17, 15) is 0 Å². The Morgan fingerprint density at radius 2 is 1.83 bits per heavy atom. The Morgan fingerprint density at radius 3 is 2.61 bits per heavy atom. The predicted octanol–water partition coefficient (Wildman–Crippen LogP) is 2.74. The Bertz CT molecular complexity index is 486. The van der Waals surface area contributed by atoms with Crippen molar-refractivity contribution in [1.82, 2.24) is 4.98 Å². The number of anilines is 1. The van der Waals surface area contributed by atoms with Crippen LogP contribution in [-0.2, 0) is 0 Å². The Balaban J connectivity index is 1.62. The first-order valence-corrected chi connectivity index (χ1v) is 6.28. The van der Waals surface area contributed by atoms with Crippen molar-refractivity contribution >= 4 is 5.69 Å². The summed E-state index contributed by atoms with van der Waals surface area (Å²) in [6, 6.07) is 14.1. The fraction of sp³-hybridized carbons (Fsp3) is 0.267. The molecule has 0 spiro atoms. The lowest BCUT2D eigenvalue weighted by Gasteiger charge is -2.18. The van der Waals surface area contributed by atoms with Gasteiger partial charge in [-0.2, -0.15) is 0 Å². The second-order valence-corrected chi connectivity index (χ2v) is 4.49. The Hall–Kier alpha value is -2.03. The first-order valence-electron chi connectivity index (χ1n) is 6.28. The zero-order valence-electron chi connectivity index (χ0n) is 10.2. The molecule has 18 heavy (non-hydrogen) atoms. The second-order valence-electron chi connectivity index (χ2n) is 4.49. The van der Waals surface area contributed by atoms with E-state index in [0.29, 0.717) is 0 Å². The van der Waals surface area contributed by atoms with Crippen LogP contribution in [0.3, 0.4) is 0 Å². The van der Waals surface area contributed by atoms with Gasteiger partial charge < -0.3 is 9.64 Å². The molecular weight excluding hydrogens is 224 g/mol. The summed E-state index contributed by atoms with van der Waals surface area (Å²) in [5.41, 5.74) is 1.23. The molecule has 1 unspecified atom stereocenters. The number of ether oxygens (including phenoxy) is 1. The molecule has 1 atom stereocenters. The van der Waals surface area contributed by atoms with E-state index in [0.717, 1.165) is 25.3 Å². The number of pyridine rings is 1. The van der Waals surface area contributed by atoms with Crippen LogP contribution in [0.2, 0.25) is 0 Å². The first-order chi connectivity index (χ1) is 8.92. The number of para-hydroxylation sites is 1. The van der Waals surface area contributed by atoms with Gasteiger partial charge >= 0.3 is 0 Å². The molecule has 0 saturated carbocycles. The lowest BCUT2D eigenvalue weighted by Crippen LogP contribution is -2.24. The number of hydrogen-bond acceptors (Lipinski definition) is 3. The van der Waals surface area contributed by atoms with E-state index in [-0.39, 0.29) is 6.10 Å². The first kappa shape index (κ1) is 11.1. The van der Waals surface area contributed by atoms with E-state index < -0.39 is 0 Å². The van der Waals surface area contributed by atoms with Gasteiger partial charge in [-0.1, -0.05) is 18.2 Å². The number of nitrogens with zero attached hydrogens (tertiary/aromatic N) is 2. The minimum Gasteiger partial charge on any atom is -0.489 e. The monoisotopic (exact) mass is 240 g/mol. The SMILES string of the molecule is c1ccc(OC2CCN(c3ccncc3)C2)cc1. The maximum atomic E-state index is 5.97. The zero-order valence-corrected chi connectivity index (χ0v) is 10.2. The summed E-state index contributed by atoms with van der Waals surface area (Å²) in [5.74, 6) is 0.957. The summed E-state index contributed by atoms with van der Waals surface area (Å²) < 4.78 is 5.97. The Morgan fingerprint density at radius 1 is 1.06 bits per heavy atom. The quantitative estimate of drug-likeness (QED) is 0.825. The highest BCUT2D eigenvalue weighted by Gasteiger charge is 2.23. The van der Waals surface area contributed by atoms with Gasteiger partial charge in [-0.15, -0.1) is 0 Å². The molecule has 1 aromatic carbocycles. The van der Waals surface area contributed by atoms with Crippen LogP contribution in [0.15, 0.2) is 54.9 Å². The summed E-state index contributed by atoms with van der Waals surface area (Å²) in [7, 11) is 0. The van der Waals surface area contributed by atoms with Crippen molar-refractivity contribution in [3.05, 3.63) is 54.9 Å². The lowest BCUT2D eigenvalue weighted by atomic mass is 10.3. The van der Waals surface area contributed by atoms with E-state index in [4.69, 9.17) is 4.74 Å². The van der Waals surface area contributed by atoms with E-state index >= 15 is 0 Å². The van der Waals surface area contributed by atoms with Crippen molar-refractivity contribution in [2.75, 3.05) is 18.0 Å². The molecule has 3 nitrogen and oxygen atoms in total. The van der Waals surface area contributed by atoms with Crippen molar-refractivity contribution in [3.8, 4) is 5.75 Å². The van der Waals surface area contributed by atoms with Crippen LogP contribution in [0.25, 0.3) is 0 Å². The van der Waals surface area contributed by atoms with E-state index in [1.807, 2.05) is 54.9 Å². The molecule has 92 valence electrons. The molecule has 0 bridgehead atoms. The molecular formula is C15H16N2O. The standard InChI is InChI=1S/C15H16N2O/c1-2-4-14(5-3-1)18-15-8-11-17(12-15)13-6-9-16-10-7-13/h1-7,9-10,15H,8,11-12H2. The van der Waals surface area contributed by atoms with Crippen LogP contribution in [0, 0.1) is 0 Å². The fourth-order valence-corrected chi connectivity index (χ4v) is 2.31. The van der Waals surface area contributed by atoms with Gasteiger partial charge in [0, 0.05) is 31.0 Å². The highest BCUT2D eigenvalue weighted by atomic mass is 16.5. The Labute approximate surface area is 107 Å².